The maximum Gasteiger partial charge on any atom is 0.327 e. The van der Waals surface area contributed by atoms with Crippen molar-refractivity contribution in [1.82, 2.24) is 4.90 Å². The van der Waals surface area contributed by atoms with Crippen molar-refractivity contribution >= 4 is 11.9 Å². The summed E-state index contributed by atoms with van der Waals surface area (Å²) in [6.45, 7) is 6.68. The van der Waals surface area contributed by atoms with Crippen molar-refractivity contribution in [1.29, 1.82) is 0 Å². The van der Waals surface area contributed by atoms with Crippen LogP contribution in [0.5, 0.6) is 0 Å². The highest BCUT2D eigenvalue weighted by Crippen LogP contribution is 2.25. The number of carbonyl (C=O) groups excluding carboxylic acids is 2. The predicted octanol–water partition coefficient (Wildman–Crippen LogP) is 5.84. The molecular weight excluding hydrogens is 326 g/mol. The molecule has 152 valence electrons. The summed E-state index contributed by atoms with van der Waals surface area (Å²) in [6, 6.07) is 0. The Kier molecular flexibility index (Phi) is 12.4. The van der Waals surface area contributed by atoms with Gasteiger partial charge in [-0.15, -0.1) is 0 Å². The first-order chi connectivity index (χ1) is 12.6. The quantitative estimate of drug-likeness (QED) is 0.270. The van der Waals surface area contributed by atoms with E-state index < -0.39 is 0 Å². The fraction of sp³-hybridized carbons (Fsp3) is 0.909. The summed E-state index contributed by atoms with van der Waals surface area (Å²) in [5, 5.41) is 0. The standard InChI is InChI=1S/C22H41NO3/c1-4-6-8-10-11-13-14-16-19(3)22-23(18-21(25)26-22)20(24)17-15-12-9-7-5-2/h19,22H,4-18H2,1-3H3. The lowest BCUT2D eigenvalue weighted by Crippen LogP contribution is -2.40. The van der Waals surface area contributed by atoms with E-state index in [9.17, 15) is 9.59 Å². The number of hydrogen-bond acceptors (Lipinski definition) is 3. The van der Waals surface area contributed by atoms with E-state index in [0.29, 0.717) is 6.42 Å². The fourth-order valence-corrected chi connectivity index (χ4v) is 3.71. The van der Waals surface area contributed by atoms with Gasteiger partial charge in [-0.25, -0.2) is 0 Å². The zero-order valence-corrected chi connectivity index (χ0v) is 17.4. The van der Waals surface area contributed by atoms with E-state index >= 15 is 0 Å². The molecule has 0 N–H and O–H groups in total. The molecule has 1 heterocycles. The van der Waals surface area contributed by atoms with Crippen LogP contribution in [0.15, 0.2) is 0 Å². The summed E-state index contributed by atoms with van der Waals surface area (Å²) in [6.07, 6.45) is 15.8. The predicted molar refractivity (Wildman–Crippen MR) is 107 cm³/mol. The van der Waals surface area contributed by atoms with Gasteiger partial charge in [0.15, 0.2) is 6.23 Å². The Morgan fingerprint density at radius 2 is 1.50 bits per heavy atom. The summed E-state index contributed by atoms with van der Waals surface area (Å²) in [5.74, 6) is 0.0608. The summed E-state index contributed by atoms with van der Waals surface area (Å²) in [5.41, 5.74) is 0. The number of hydrogen-bond donors (Lipinski definition) is 0. The molecule has 0 aromatic heterocycles. The van der Waals surface area contributed by atoms with Crippen LogP contribution in [0.3, 0.4) is 0 Å². The number of unbranched alkanes of at least 4 members (excludes halogenated alkanes) is 10. The van der Waals surface area contributed by atoms with E-state index in [4.69, 9.17) is 4.74 Å². The Morgan fingerprint density at radius 3 is 2.12 bits per heavy atom. The number of cyclic esters (lactones) is 1. The number of carbonyl (C=O) groups is 2. The molecule has 0 aromatic rings. The lowest BCUT2D eigenvalue weighted by Gasteiger charge is -2.27. The van der Waals surface area contributed by atoms with Crippen LogP contribution in [-0.2, 0) is 14.3 Å². The maximum absolute atomic E-state index is 12.5. The van der Waals surface area contributed by atoms with Crippen molar-refractivity contribution in [2.24, 2.45) is 5.92 Å². The first kappa shape index (κ1) is 23.0. The molecule has 0 saturated carbocycles. The highest BCUT2D eigenvalue weighted by molar-refractivity contribution is 5.84. The van der Waals surface area contributed by atoms with Gasteiger partial charge in [-0.05, 0) is 12.8 Å². The van der Waals surface area contributed by atoms with Gasteiger partial charge in [-0.2, -0.15) is 0 Å². The molecule has 0 aliphatic carbocycles. The number of nitrogens with zero attached hydrogens (tertiary/aromatic N) is 1. The molecule has 4 nitrogen and oxygen atoms in total. The van der Waals surface area contributed by atoms with Gasteiger partial charge in [0, 0.05) is 12.3 Å². The molecule has 4 heteroatoms. The molecule has 2 unspecified atom stereocenters. The van der Waals surface area contributed by atoms with Crippen molar-refractivity contribution in [3.8, 4) is 0 Å². The van der Waals surface area contributed by atoms with Crippen molar-refractivity contribution in [2.75, 3.05) is 6.54 Å². The minimum atomic E-state index is -0.342. The molecule has 1 amide bonds. The zero-order valence-electron chi connectivity index (χ0n) is 17.4. The summed E-state index contributed by atoms with van der Waals surface area (Å²) in [7, 11) is 0. The van der Waals surface area contributed by atoms with Crippen LogP contribution in [0, 0.1) is 5.92 Å². The second-order valence-electron chi connectivity index (χ2n) is 7.95. The van der Waals surface area contributed by atoms with Gasteiger partial charge in [0.1, 0.15) is 6.54 Å². The Morgan fingerprint density at radius 1 is 0.962 bits per heavy atom. The van der Waals surface area contributed by atoms with Gasteiger partial charge >= 0.3 is 5.97 Å². The van der Waals surface area contributed by atoms with Crippen LogP contribution in [0.2, 0.25) is 0 Å². The molecule has 26 heavy (non-hydrogen) atoms. The number of esters is 1. The Hall–Kier alpha value is -1.06. The molecule has 0 spiro atoms. The minimum absolute atomic E-state index is 0.0868. The van der Waals surface area contributed by atoms with Crippen LogP contribution >= 0.6 is 0 Å². The molecule has 0 aromatic carbocycles. The van der Waals surface area contributed by atoms with Crippen LogP contribution in [0.1, 0.15) is 111 Å². The molecule has 1 rings (SSSR count). The smallest absolute Gasteiger partial charge is 0.327 e. The average Bonchev–Trinajstić information content (AvgIpc) is 3.02. The molecule has 2 atom stereocenters. The monoisotopic (exact) mass is 367 g/mol. The zero-order chi connectivity index (χ0) is 19.2. The van der Waals surface area contributed by atoms with Crippen molar-refractivity contribution in [3.63, 3.8) is 0 Å². The molecule has 1 aliphatic rings. The van der Waals surface area contributed by atoms with Gasteiger partial charge in [0.2, 0.25) is 5.91 Å². The summed E-state index contributed by atoms with van der Waals surface area (Å²) < 4.78 is 5.48. The average molecular weight is 368 g/mol. The number of amides is 1. The topological polar surface area (TPSA) is 46.6 Å². The molecule has 0 bridgehead atoms. The summed E-state index contributed by atoms with van der Waals surface area (Å²) in [4.78, 5) is 25.9. The second-order valence-corrected chi connectivity index (χ2v) is 7.95. The Labute approximate surface area is 161 Å². The lowest BCUT2D eigenvalue weighted by atomic mass is 9.99. The molecule has 1 saturated heterocycles. The Balaban J connectivity index is 2.28. The van der Waals surface area contributed by atoms with Gasteiger partial charge in [-0.3, -0.25) is 14.5 Å². The molecular formula is C22H41NO3. The van der Waals surface area contributed by atoms with Crippen molar-refractivity contribution in [2.45, 2.75) is 117 Å². The highest BCUT2D eigenvalue weighted by atomic mass is 16.6. The third kappa shape index (κ3) is 9.05. The largest absolute Gasteiger partial charge is 0.440 e. The SMILES string of the molecule is CCCCCCCCCC(C)C1OC(=O)CN1C(=O)CCCCCCC. The molecule has 0 radical (unpaired) electrons. The van der Waals surface area contributed by atoms with E-state index in [1.54, 1.807) is 4.90 Å². The van der Waals surface area contributed by atoms with Gasteiger partial charge in [-0.1, -0.05) is 91.4 Å². The normalized spacial score (nSPS) is 18.2. The van der Waals surface area contributed by atoms with Crippen LogP contribution in [-0.4, -0.2) is 29.5 Å². The first-order valence-electron chi connectivity index (χ1n) is 11.1. The van der Waals surface area contributed by atoms with Crippen LogP contribution in [0.4, 0.5) is 0 Å². The van der Waals surface area contributed by atoms with E-state index in [1.807, 2.05) is 0 Å². The minimum Gasteiger partial charge on any atom is -0.440 e. The van der Waals surface area contributed by atoms with Crippen molar-refractivity contribution in [3.05, 3.63) is 0 Å². The fourth-order valence-electron chi connectivity index (χ4n) is 3.71. The number of rotatable bonds is 15. The number of ether oxygens (including phenoxy) is 1. The third-order valence-electron chi connectivity index (χ3n) is 5.42. The van der Waals surface area contributed by atoms with Gasteiger partial charge in [0.05, 0.1) is 0 Å². The highest BCUT2D eigenvalue weighted by Gasteiger charge is 2.38. The first-order valence-corrected chi connectivity index (χ1v) is 11.1. The maximum atomic E-state index is 12.5. The molecule has 1 fully saturated rings. The van der Waals surface area contributed by atoms with E-state index in [1.165, 1.54) is 57.8 Å². The Bertz CT molecular complexity index is 397. The van der Waals surface area contributed by atoms with Crippen LogP contribution in [0.25, 0.3) is 0 Å². The van der Waals surface area contributed by atoms with E-state index in [0.717, 1.165) is 25.7 Å². The third-order valence-corrected chi connectivity index (χ3v) is 5.42. The second kappa shape index (κ2) is 14.1. The molecule has 1 aliphatic heterocycles. The van der Waals surface area contributed by atoms with Gasteiger partial charge < -0.3 is 4.74 Å². The van der Waals surface area contributed by atoms with Crippen LogP contribution < -0.4 is 0 Å². The summed E-state index contributed by atoms with van der Waals surface area (Å²) >= 11 is 0. The van der Waals surface area contributed by atoms with E-state index in [-0.39, 0.29) is 30.6 Å². The van der Waals surface area contributed by atoms with Gasteiger partial charge in [0.25, 0.3) is 0 Å². The van der Waals surface area contributed by atoms with Crippen molar-refractivity contribution < 1.29 is 14.3 Å². The lowest BCUT2D eigenvalue weighted by molar-refractivity contribution is -0.147. The van der Waals surface area contributed by atoms with E-state index in [2.05, 4.69) is 20.8 Å².